The Balaban J connectivity index is 1.98. The highest BCUT2D eigenvalue weighted by Crippen LogP contribution is 2.21. The number of halogens is 1. The van der Waals surface area contributed by atoms with Crippen molar-refractivity contribution in [1.29, 1.82) is 0 Å². The summed E-state index contributed by atoms with van der Waals surface area (Å²) in [6.45, 7) is 0. The zero-order valence-corrected chi connectivity index (χ0v) is 11.5. The molecule has 0 amide bonds. The Morgan fingerprint density at radius 2 is 2.00 bits per heavy atom. The fraction of sp³-hybridized carbons (Fsp3) is 0.0769. The van der Waals surface area contributed by atoms with Gasteiger partial charge in [-0.15, -0.1) is 11.8 Å². The van der Waals surface area contributed by atoms with Gasteiger partial charge in [-0.05, 0) is 29.8 Å². The Morgan fingerprint density at radius 3 is 2.58 bits per heavy atom. The SMILES string of the molecule is N/C(=N/O)c1ccc(SCc2ccc(Cl)cc2)nc1. The lowest BCUT2D eigenvalue weighted by molar-refractivity contribution is 0.318. The van der Waals surface area contributed by atoms with Crippen LogP contribution in [0, 0.1) is 0 Å². The molecule has 0 saturated heterocycles. The standard InChI is InChI=1S/C13H12ClN3OS/c14-11-4-1-9(2-5-11)8-19-12-6-3-10(7-16-12)13(15)17-18/h1-7,18H,8H2,(H2,15,17). The van der Waals surface area contributed by atoms with Crippen molar-refractivity contribution in [3.63, 3.8) is 0 Å². The zero-order valence-electron chi connectivity index (χ0n) is 9.95. The molecule has 6 heteroatoms. The van der Waals surface area contributed by atoms with Crippen LogP contribution in [0.5, 0.6) is 0 Å². The Labute approximate surface area is 120 Å². The molecule has 2 aromatic rings. The first-order valence-corrected chi connectivity index (χ1v) is 6.86. The van der Waals surface area contributed by atoms with Gasteiger partial charge in [0.1, 0.15) is 0 Å². The highest BCUT2D eigenvalue weighted by Gasteiger charge is 2.01. The minimum atomic E-state index is 0.0572. The summed E-state index contributed by atoms with van der Waals surface area (Å²) in [6.07, 6.45) is 1.58. The van der Waals surface area contributed by atoms with E-state index in [4.69, 9.17) is 22.5 Å². The number of pyridine rings is 1. The Kier molecular flexibility index (Phi) is 4.65. The van der Waals surface area contributed by atoms with Crippen LogP contribution in [0.1, 0.15) is 11.1 Å². The largest absolute Gasteiger partial charge is 0.409 e. The van der Waals surface area contributed by atoms with E-state index in [2.05, 4.69) is 10.1 Å². The van der Waals surface area contributed by atoms with Crippen molar-refractivity contribution in [3.8, 4) is 0 Å². The monoisotopic (exact) mass is 293 g/mol. The molecule has 0 aliphatic rings. The molecule has 0 unspecified atom stereocenters. The van der Waals surface area contributed by atoms with Crippen molar-refractivity contribution in [2.75, 3.05) is 0 Å². The number of nitrogens with two attached hydrogens (primary N) is 1. The molecule has 0 spiro atoms. The summed E-state index contributed by atoms with van der Waals surface area (Å²) in [7, 11) is 0. The lowest BCUT2D eigenvalue weighted by Gasteiger charge is -2.03. The van der Waals surface area contributed by atoms with Crippen LogP contribution < -0.4 is 5.73 Å². The van der Waals surface area contributed by atoms with Gasteiger partial charge < -0.3 is 10.9 Å². The number of hydrogen-bond acceptors (Lipinski definition) is 4. The van der Waals surface area contributed by atoms with Crippen molar-refractivity contribution >= 4 is 29.2 Å². The van der Waals surface area contributed by atoms with Crippen LogP contribution in [0.15, 0.2) is 52.8 Å². The van der Waals surface area contributed by atoms with Crippen LogP contribution in [0.3, 0.4) is 0 Å². The smallest absolute Gasteiger partial charge is 0.171 e. The molecule has 1 aromatic heterocycles. The Hall–Kier alpha value is -1.72. The van der Waals surface area contributed by atoms with E-state index < -0.39 is 0 Å². The molecule has 0 atom stereocenters. The van der Waals surface area contributed by atoms with Gasteiger partial charge in [0.15, 0.2) is 5.84 Å². The fourth-order valence-corrected chi connectivity index (χ4v) is 2.34. The number of nitrogens with zero attached hydrogens (tertiary/aromatic N) is 2. The van der Waals surface area contributed by atoms with Gasteiger partial charge in [0.25, 0.3) is 0 Å². The van der Waals surface area contributed by atoms with E-state index in [1.54, 1.807) is 24.0 Å². The van der Waals surface area contributed by atoms with Crippen molar-refractivity contribution in [2.24, 2.45) is 10.9 Å². The van der Waals surface area contributed by atoms with E-state index in [0.29, 0.717) is 5.56 Å². The number of thioether (sulfide) groups is 1. The Bertz CT molecular complexity index is 569. The number of aromatic nitrogens is 1. The lowest BCUT2D eigenvalue weighted by atomic mass is 10.2. The minimum absolute atomic E-state index is 0.0572. The third-order valence-electron chi connectivity index (χ3n) is 2.44. The number of oxime groups is 1. The van der Waals surface area contributed by atoms with Crippen LogP contribution in [-0.4, -0.2) is 16.0 Å². The molecule has 2 rings (SSSR count). The average molecular weight is 294 g/mol. The average Bonchev–Trinajstić information content (AvgIpc) is 2.46. The summed E-state index contributed by atoms with van der Waals surface area (Å²) in [6, 6.07) is 11.3. The van der Waals surface area contributed by atoms with Crippen molar-refractivity contribution < 1.29 is 5.21 Å². The fourth-order valence-electron chi connectivity index (χ4n) is 1.41. The highest BCUT2D eigenvalue weighted by molar-refractivity contribution is 7.98. The topological polar surface area (TPSA) is 71.5 Å². The number of hydrogen-bond donors (Lipinski definition) is 2. The maximum atomic E-state index is 8.55. The van der Waals surface area contributed by atoms with Crippen LogP contribution in [0.4, 0.5) is 0 Å². The van der Waals surface area contributed by atoms with Gasteiger partial charge in [0.2, 0.25) is 0 Å². The van der Waals surface area contributed by atoms with Gasteiger partial charge in [-0.2, -0.15) is 0 Å². The van der Waals surface area contributed by atoms with E-state index in [9.17, 15) is 0 Å². The van der Waals surface area contributed by atoms with Crippen LogP contribution in [0.2, 0.25) is 5.02 Å². The van der Waals surface area contributed by atoms with E-state index in [-0.39, 0.29) is 5.84 Å². The molecule has 4 nitrogen and oxygen atoms in total. The maximum Gasteiger partial charge on any atom is 0.171 e. The van der Waals surface area contributed by atoms with E-state index in [1.165, 1.54) is 5.56 Å². The molecule has 1 heterocycles. The van der Waals surface area contributed by atoms with Crippen LogP contribution >= 0.6 is 23.4 Å². The van der Waals surface area contributed by atoms with Gasteiger partial charge >= 0.3 is 0 Å². The summed E-state index contributed by atoms with van der Waals surface area (Å²) in [5, 5.41) is 13.1. The number of benzene rings is 1. The maximum absolute atomic E-state index is 8.55. The van der Waals surface area contributed by atoms with Gasteiger partial charge in [0.05, 0.1) is 5.03 Å². The predicted octanol–water partition coefficient (Wildman–Crippen LogP) is 3.12. The molecular weight excluding hydrogens is 282 g/mol. The molecule has 3 N–H and O–H groups in total. The van der Waals surface area contributed by atoms with E-state index >= 15 is 0 Å². The summed E-state index contributed by atoms with van der Waals surface area (Å²) < 4.78 is 0. The van der Waals surface area contributed by atoms with Crippen molar-refractivity contribution in [2.45, 2.75) is 10.8 Å². The molecule has 0 saturated carbocycles. The second-order valence-corrected chi connectivity index (χ2v) is 5.22. The third-order valence-corrected chi connectivity index (χ3v) is 3.71. The quantitative estimate of drug-likeness (QED) is 0.299. The Morgan fingerprint density at radius 1 is 1.26 bits per heavy atom. The zero-order chi connectivity index (χ0) is 13.7. The first kappa shape index (κ1) is 13.7. The predicted molar refractivity (Wildman–Crippen MR) is 77.8 cm³/mol. The first-order valence-electron chi connectivity index (χ1n) is 5.50. The molecule has 0 aliphatic carbocycles. The highest BCUT2D eigenvalue weighted by atomic mass is 35.5. The number of amidine groups is 1. The second-order valence-electron chi connectivity index (χ2n) is 3.79. The van der Waals surface area contributed by atoms with Gasteiger partial charge in [-0.1, -0.05) is 28.9 Å². The summed E-state index contributed by atoms with van der Waals surface area (Å²) in [5.74, 6) is 0.870. The van der Waals surface area contributed by atoms with Gasteiger partial charge in [-0.25, -0.2) is 4.98 Å². The van der Waals surface area contributed by atoms with E-state index in [0.717, 1.165) is 15.8 Å². The second kappa shape index (κ2) is 6.45. The summed E-state index contributed by atoms with van der Waals surface area (Å²) in [4.78, 5) is 4.25. The molecular formula is C13H12ClN3OS. The molecule has 19 heavy (non-hydrogen) atoms. The minimum Gasteiger partial charge on any atom is -0.409 e. The molecule has 0 radical (unpaired) electrons. The van der Waals surface area contributed by atoms with Crippen molar-refractivity contribution in [1.82, 2.24) is 4.98 Å². The van der Waals surface area contributed by atoms with E-state index in [1.807, 2.05) is 30.3 Å². The van der Waals surface area contributed by atoms with Crippen LogP contribution in [-0.2, 0) is 5.75 Å². The number of rotatable bonds is 4. The summed E-state index contributed by atoms with van der Waals surface area (Å²) >= 11 is 7.44. The molecule has 0 fully saturated rings. The molecule has 98 valence electrons. The van der Waals surface area contributed by atoms with Crippen LogP contribution in [0.25, 0.3) is 0 Å². The third kappa shape index (κ3) is 3.87. The lowest BCUT2D eigenvalue weighted by Crippen LogP contribution is -2.13. The first-order chi connectivity index (χ1) is 9.19. The molecule has 0 aliphatic heterocycles. The molecule has 0 bridgehead atoms. The molecule has 1 aromatic carbocycles. The van der Waals surface area contributed by atoms with Gasteiger partial charge in [-0.3, -0.25) is 0 Å². The van der Waals surface area contributed by atoms with Crippen molar-refractivity contribution in [3.05, 3.63) is 58.7 Å². The van der Waals surface area contributed by atoms with Gasteiger partial charge in [0, 0.05) is 22.5 Å². The summed E-state index contributed by atoms with van der Waals surface area (Å²) in [5.41, 5.74) is 7.24. The normalized spacial score (nSPS) is 11.5.